The van der Waals surface area contributed by atoms with Crippen LogP contribution < -0.4 is 10.2 Å². The van der Waals surface area contributed by atoms with Gasteiger partial charge in [-0.25, -0.2) is 4.79 Å². The maximum atomic E-state index is 12.6. The van der Waals surface area contributed by atoms with E-state index >= 15 is 0 Å². The van der Waals surface area contributed by atoms with E-state index in [-0.39, 0.29) is 11.9 Å². The van der Waals surface area contributed by atoms with Crippen LogP contribution in [0.4, 0.5) is 16.2 Å². The van der Waals surface area contributed by atoms with Crippen LogP contribution in [0.5, 0.6) is 0 Å². The Hall–Kier alpha value is -2.05. The number of thiophene rings is 1. The van der Waals surface area contributed by atoms with E-state index in [2.05, 4.69) is 5.32 Å². The van der Waals surface area contributed by atoms with Crippen LogP contribution in [0, 0.1) is 12.8 Å². The minimum atomic E-state index is -0.417. The fourth-order valence-electron chi connectivity index (χ4n) is 3.33. The van der Waals surface area contributed by atoms with Crippen LogP contribution in [-0.4, -0.2) is 43.2 Å². The number of anilines is 2. The molecule has 2 heterocycles. The predicted octanol–water partition coefficient (Wildman–Crippen LogP) is 4.10. The Bertz CT molecular complexity index is 738. The first kappa shape index (κ1) is 18.7. The van der Waals surface area contributed by atoms with E-state index in [0.717, 1.165) is 34.7 Å². The van der Waals surface area contributed by atoms with Gasteiger partial charge in [-0.2, -0.15) is 0 Å². The number of piperidine rings is 1. The van der Waals surface area contributed by atoms with E-state index in [1.165, 1.54) is 0 Å². The number of benzene rings is 1. The number of nitrogens with one attached hydrogen (secondary N) is 1. The molecule has 0 saturated carbocycles. The molecule has 1 aliphatic rings. The van der Waals surface area contributed by atoms with Crippen LogP contribution >= 0.6 is 11.3 Å². The average molecular weight is 374 g/mol. The zero-order valence-electron chi connectivity index (χ0n) is 15.6. The molecule has 3 rings (SSSR count). The summed E-state index contributed by atoms with van der Waals surface area (Å²) in [6, 6.07) is 9.95. The van der Waals surface area contributed by atoms with Crippen molar-refractivity contribution in [2.75, 3.05) is 37.4 Å². The molecule has 1 atom stereocenters. The molecule has 5 nitrogen and oxygen atoms in total. The number of rotatable bonds is 4. The summed E-state index contributed by atoms with van der Waals surface area (Å²) in [5, 5.41) is 15.5. The highest BCUT2D eigenvalue weighted by atomic mass is 32.1. The summed E-state index contributed by atoms with van der Waals surface area (Å²) in [4.78, 5) is 17.5. The van der Waals surface area contributed by atoms with Crippen molar-refractivity contribution >= 4 is 28.7 Å². The van der Waals surface area contributed by atoms with Gasteiger partial charge < -0.3 is 20.2 Å². The van der Waals surface area contributed by atoms with Gasteiger partial charge in [0.1, 0.15) is 0 Å². The Labute approximate surface area is 159 Å². The lowest BCUT2D eigenvalue weighted by atomic mass is 9.90. The first-order valence-electron chi connectivity index (χ1n) is 9.01. The molecule has 2 amide bonds. The van der Waals surface area contributed by atoms with Gasteiger partial charge >= 0.3 is 6.03 Å². The highest BCUT2D eigenvalue weighted by Crippen LogP contribution is 2.33. The van der Waals surface area contributed by atoms with E-state index in [0.29, 0.717) is 13.1 Å². The van der Waals surface area contributed by atoms with Crippen LogP contribution in [0.15, 0.2) is 35.7 Å². The molecule has 0 radical (unpaired) electrons. The molecule has 0 spiro atoms. The standard InChI is InChI=1S/C20H27N3O2S/c1-14-6-7-16(22(2)3)13-17(14)21-20(25)23-10-8-15(9-11-23)19(24)18-5-4-12-26-18/h4-7,12-13,15,19,24H,8-11H2,1-3H3,(H,21,25). The Kier molecular flexibility index (Phi) is 5.84. The van der Waals surface area contributed by atoms with Crippen molar-refractivity contribution in [1.29, 1.82) is 0 Å². The fourth-order valence-corrected chi connectivity index (χ4v) is 4.13. The van der Waals surface area contributed by atoms with E-state index in [9.17, 15) is 9.90 Å². The van der Waals surface area contributed by atoms with Crippen LogP contribution in [0.2, 0.25) is 0 Å². The molecule has 1 fully saturated rings. The largest absolute Gasteiger partial charge is 0.387 e. The van der Waals surface area contributed by atoms with Gasteiger partial charge in [0.05, 0.1) is 6.10 Å². The summed E-state index contributed by atoms with van der Waals surface area (Å²) < 4.78 is 0. The minimum absolute atomic E-state index is 0.0620. The number of carbonyl (C=O) groups is 1. The summed E-state index contributed by atoms with van der Waals surface area (Å²) in [7, 11) is 3.97. The number of aliphatic hydroxyl groups is 1. The number of hydrogen-bond acceptors (Lipinski definition) is 4. The first-order valence-corrected chi connectivity index (χ1v) is 9.89. The molecular formula is C20H27N3O2S. The predicted molar refractivity (Wildman–Crippen MR) is 108 cm³/mol. The zero-order valence-corrected chi connectivity index (χ0v) is 16.4. The van der Waals surface area contributed by atoms with Crippen molar-refractivity contribution in [2.45, 2.75) is 25.9 Å². The van der Waals surface area contributed by atoms with Gasteiger partial charge in [0.15, 0.2) is 0 Å². The van der Waals surface area contributed by atoms with E-state index in [1.807, 2.05) is 66.5 Å². The molecule has 6 heteroatoms. The van der Waals surface area contributed by atoms with Crippen molar-refractivity contribution in [1.82, 2.24) is 4.90 Å². The van der Waals surface area contributed by atoms with Gasteiger partial charge in [0.25, 0.3) is 0 Å². The number of hydrogen-bond donors (Lipinski definition) is 2. The Morgan fingerprint density at radius 2 is 2.04 bits per heavy atom. The second-order valence-electron chi connectivity index (χ2n) is 7.11. The maximum Gasteiger partial charge on any atom is 0.321 e. The number of urea groups is 1. The van der Waals surface area contributed by atoms with E-state index in [4.69, 9.17) is 0 Å². The molecule has 0 bridgehead atoms. The molecule has 1 aromatic carbocycles. The van der Waals surface area contributed by atoms with Crippen LogP contribution in [-0.2, 0) is 0 Å². The lowest BCUT2D eigenvalue weighted by molar-refractivity contribution is 0.0708. The third-order valence-electron chi connectivity index (χ3n) is 5.09. The molecule has 2 aromatic rings. The number of nitrogens with zero attached hydrogens (tertiary/aromatic N) is 2. The van der Waals surface area contributed by atoms with Gasteiger partial charge in [-0.1, -0.05) is 12.1 Å². The summed E-state index contributed by atoms with van der Waals surface area (Å²) >= 11 is 1.59. The third kappa shape index (κ3) is 4.19. The highest BCUT2D eigenvalue weighted by molar-refractivity contribution is 7.10. The molecule has 26 heavy (non-hydrogen) atoms. The molecule has 2 N–H and O–H groups in total. The van der Waals surface area contributed by atoms with Crippen molar-refractivity contribution in [3.63, 3.8) is 0 Å². The number of aryl methyl sites for hydroxylation is 1. The summed E-state index contributed by atoms with van der Waals surface area (Å²) in [5.41, 5.74) is 2.96. The topological polar surface area (TPSA) is 55.8 Å². The highest BCUT2D eigenvalue weighted by Gasteiger charge is 2.28. The SMILES string of the molecule is Cc1ccc(N(C)C)cc1NC(=O)N1CCC(C(O)c2cccs2)CC1. The second kappa shape index (κ2) is 8.10. The molecule has 1 aliphatic heterocycles. The summed E-state index contributed by atoms with van der Waals surface area (Å²) in [5.74, 6) is 0.219. The van der Waals surface area contributed by atoms with Gasteiger partial charge in [-0.3, -0.25) is 0 Å². The monoisotopic (exact) mass is 373 g/mol. The summed E-state index contributed by atoms with van der Waals surface area (Å²) in [6.45, 7) is 3.34. The van der Waals surface area contributed by atoms with Gasteiger partial charge in [-0.05, 0) is 54.8 Å². The number of carbonyl (C=O) groups excluding carboxylic acids is 1. The first-order chi connectivity index (χ1) is 12.5. The van der Waals surface area contributed by atoms with Gasteiger partial charge in [0, 0.05) is 43.4 Å². The lowest BCUT2D eigenvalue weighted by Crippen LogP contribution is -2.42. The molecule has 0 aliphatic carbocycles. The van der Waals surface area contributed by atoms with Crippen molar-refractivity contribution in [3.05, 3.63) is 46.2 Å². The zero-order chi connectivity index (χ0) is 18.7. The molecular weight excluding hydrogens is 346 g/mol. The second-order valence-corrected chi connectivity index (χ2v) is 8.09. The lowest BCUT2D eigenvalue weighted by Gasteiger charge is -2.34. The van der Waals surface area contributed by atoms with Gasteiger partial charge in [-0.15, -0.1) is 11.3 Å². The molecule has 140 valence electrons. The smallest absolute Gasteiger partial charge is 0.321 e. The quantitative estimate of drug-likeness (QED) is 0.848. The molecule has 1 unspecified atom stereocenters. The normalized spacial score (nSPS) is 16.4. The van der Waals surface area contributed by atoms with Crippen LogP contribution in [0.1, 0.15) is 29.4 Å². The van der Waals surface area contributed by atoms with Crippen molar-refractivity contribution < 1.29 is 9.90 Å². The minimum Gasteiger partial charge on any atom is -0.387 e. The van der Waals surface area contributed by atoms with Crippen molar-refractivity contribution in [2.24, 2.45) is 5.92 Å². The van der Waals surface area contributed by atoms with Crippen LogP contribution in [0.25, 0.3) is 0 Å². The van der Waals surface area contributed by atoms with E-state index in [1.54, 1.807) is 11.3 Å². The average Bonchev–Trinajstić information content (AvgIpc) is 3.17. The Morgan fingerprint density at radius 3 is 2.65 bits per heavy atom. The maximum absolute atomic E-state index is 12.6. The molecule has 1 saturated heterocycles. The summed E-state index contributed by atoms with van der Waals surface area (Å²) in [6.07, 6.45) is 1.23. The number of aliphatic hydroxyl groups excluding tert-OH is 1. The molecule has 1 aromatic heterocycles. The van der Waals surface area contributed by atoms with Gasteiger partial charge in [0.2, 0.25) is 0 Å². The fraction of sp³-hybridized carbons (Fsp3) is 0.450. The number of likely N-dealkylation sites (tertiary alicyclic amines) is 1. The Morgan fingerprint density at radius 1 is 1.31 bits per heavy atom. The third-order valence-corrected chi connectivity index (χ3v) is 6.03. The van der Waals surface area contributed by atoms with Crippen molar-refractivity contribution in [3.8, 4) is 0 Å². The number of amides is 2. The van der Waals surface area contributed by atoms with E-state index < -0.39 is 6.10 Å². The van der Waals surface area contributed by atoms with Crippen LogP contribution in [0.3, 0.4) is 0 Å². The Balaban J connectivity index is 1.58.